The van der Waals surface area contributed by atoms with Crippen LogP contribution in [0.25, 0.3) is 0 Å². The van der Waals surface area contributed by atoms with Crippen molar-refractivity contribution in [3.05, 3.63) is 29.8 Å². The number of methoxy groups -OCH3 is 1. The Bertz CT molecular complexity index is 528. The van der Waals surface area contributed by atoms with Gasteiger partial charge in [0.15, 0.2) is 0 Å². The van der Waals surface area contributed by atoms with E-state index in [0.717, 1.165) is 0 Å². The van der Waals surface area contributed by atoms with Gasteiger partial charge in [0.25, 0.3) is 5.91 Å². The van der Waals surface area contributed by atoms with Gasteiger partial charge in [-0.3, -0.25) is 9.59 Å². The maximum atomic E-state index is 12.4. The van der Waals surface area contributed by atoms with Crippen molar-refractivity contribution >= 4 is 11.8 Å². The highest BCUT2D eigenvalue weighted by atomic mass is 16.5. The van der Waals surface area contributed by atoms with E-state index in [2.05, 4.69) is 10.6 Å². The highest BCUT2D eigenvalue weighted by Crippen LogP contribution is 2.13. The summed E-state index contributed by atoms with van der Waals surface area (Å²) < 4.78 is 10.4. The van der Waals surface area contributed by atoms with Crippen molar-refractivity contribution < 1.29 is 19.1 Å². The zero-order valence-corrected chi connectivity index (χ0v) is 15.1. The molecule has 0 aliphatic carbocycles. The third-order valence-electron chi connectivity index (χ3n) is 3.47. The van der Waals surface area contributed by atoms with Crippen LogP contribution in [0.15, 0.2) is 24.3 Å². The number of nitrogens with one attached hydrogen (secondary N) is 2. The quantitative estimate of drug-likeness (QED) is 0.723. The lowest BCUT2D eigenvalue weighted by Crippen LogP contribution is -2.52. The van der Waals surface area contributed by atoms with Crippen molar-refractivity contribution in [2.75, 3.05) is 20.3 Å². The predicted octanol–water partition coefficient (Wildman–Crippen LogP) is 1.99. The van der Waals surface area contributed by atoms with Crippen LogP contribution in [0.4, 0.5) is 0 Å². The van der Waals surface area contributed by atoms with Crippen LogP contribution < -0.4 is 15.4 Å². The van der Waals surface area contributed by atoms with Crippen LogP contribution in [0.2, 0.25) is 0 Å². The molecule has 0 saturated carbocycles. The van der Waals surface area contributed by atoms with Crippen LogP contribution in [0.3, 0.4) is 0 Å². The van der Waals surface area contributed by atoms with Crippen LogP contribution in [0, 0.1) is 5.92 Å². The number of rotatable bonds is 9. The number of ether oxygens (including phenoxy) is 2. The molecule has 24 heavy (non-hydrogen) atoms. The summed E-state index contributed by atoms with van der Waals surface area (Å²) in [6, 6.07) is 6.12. The second-order valence-corrected chi connectivity index (χ2v) is 6.02. The summed E-state index contributed by atoms with van der Waals surface area (Å²) in [5, 5.41) is 5.65. The first-order valence-electron chi connectivity index (χ1n) is 8.22. The largest absolute Gasteiger partial charge is 0.494 e. The predicted molar refractivity (Wildman–Crippen MR) is 93.2 cm³/mol. The average molecular weight is 336 g/mol. The molecule has 0 aliphatic rings. The Morgan fingerprint density at radius 1 is 1.08 bits per heavy atom. The van der Waals surface area contributed by atoms with E-state index in [-0.39, 0.29) is 23.8 Å². The Hall–Kier alpha value is -2.08. The first kappa shape index (κ1) is 20.0. The number of carbonyl (C=O) groups is 2. The summed E-state index contributed by atoms with van der Waals surface area (Å²) in [5.41, 5.74) is 0.488. The van der Waals surface area contributed by atoms with Crippen molar-refractivity contribution in [3.8, 4) is 5.75 Å². The summed E-state index contributed by atoms with van der Waals surface area (Å²) in [4.78, 5) is 24.8. The number of benzene rings is 1. The molecule has 6 heteroatoms. The van der Waals surface area contributed by atoms with Crippen molar-refractivity contribution in [1.82, 2.24) is 10.6 Å². The minimum atomic E-state index is -0.608. The summed E-state index contributed by atoms with van der Waals surface area (Å²) >= 11 is 0. The summed E-state index contributed by atoms with van der Waals surface area (Å²) in [5.74, 6) is 0.173. The Kier molecular flexibility index (Phi) is 8.26. The van der Waals surface area contributed by atoms with E-state index in [1.54, 1.807) is 31.4 Å². The zero-order chi connectivity index (χ0) is 18.1. The molecule has 0 aliphatic heterocycles. The molecule has 2 N–H and O–H groups in total. The fraction of sp³-hybridized carbons (Fsp3) is 0.556. The SMILES string of the molecule is CCOc1ccc(C(=O)NC(C(=O)NC(C)COC)C(C)C)cc1. The van der Waals surface area contributed by atoms with Crippen molar-refractivity contribution in [2.45, 2.75) is 39.8 Å². The minimum Gasteiger partial charge on any atom is -0.494 e. The lowest BCUT2D eigenvalue weighted by molar-refractivity contribution is -0.124. The maximum Gasteiger partial charge on any atom is 0.251 e. The monoisotopic (exact) mass is 336 g/mol. The number of amides is 2. The third-order valence-corrected chi connectivity index (χ3v) is 3.47. The molecule has 1 aromatic carbocycles. The van der Waals surface area contributed by atoms with E-state index in [1.807, 2.05) is 27.7 Å². The number of hydrogen-bond acceptors (Lipinski definition) is 4. The van der Waals surface area contributed by atoms with Gasteiger partial charge in [-0.05, 0) is 44.0 Å². The van der Waals surface area contributed by atoms with E-state index in [1.165, 1.54) is 0 Å². The lowest BCUT2D eigenvalue weighted by Gasteiger charge is -2.24. The van der Waals surface area contributed by atoms with Gasteiger partial charge in [-0.15, -0.1) is 0 Å². The molecule has 2 amide bonds. The fourth-order valence-electron chi connectivity index (χ4n) is 2.25. The highest BCUT2D eigenvalue weighted by Gasteiger charge is 2.25. The van der Waals surface area contributed by atoms with Gasteiger partial charge in [-0.2, -0.15) is 0 Å². The van der Waals surface area contributed by atoms with Crippen LogP contribution >= 0.6 is 0 Å². The van der Waals surface area contributed by atoms with E-state index in [9.17, 15) is 9.59 Å². The number of carbonyl (C=O) groups excluding carboxylic acids is 2. The van der Waals surface area contributed by atoms with Crippen LogP contribution in [0.1, 0.15) is 38.1 Å². The molecule has 0 saturated heterocycles. The Labute approximate surface area is 143 Å². The van der Waals surface area contributed by atoms with Gasteiger partial charge in [-0.25, -0.2) is 0 Å². The molecular formula is C18H28N2O4. The molecule has 1 rings (SSSR count). The highest BCUT2D eigenvalue weighted by molar-refractivity contribution is 5.97. The molecule has 1 aromatic rings. The normalized spacial score (nSPS) is 13.2. The Morgan fingerprint density at radius 2 is 1.71 bits per heavy atom. The molecule has 0 heterocycles. The van der Waals surface area contributed by atoms with Crippen molar-refractivity contribution in [2.24, 2.45) is 5.92 Å². The molecule has 2 atom stereocenters. The van der Waals surface area contributed by atoms with E-state index < -0.39 is 6.04 Å². The van der Waals surface area contributed by atoms with Crippen molar-refractivity contribution in [1.29, 1.82) is 0 Å². The molecule has 0 bridgehead atoms. The second-order valence-electron chi connectivity index (χ2n) is 6.02. The Balaban J connectivity index is 2.73. The summed E-state index contributed by atoms with van der Waals surface area (Å²) in [6.07, 6.45) is 0. The molecule has 6 nitrogen and oxygen atoms in total. The molecule has 0 aromatic heterocycles. The van der Waals surface area contributed by atoms with Gasteiger partial charge in [0, 0.05) is 18.7 Å². The molecule has 2 unspecified atom stereocenters. The van der Waals surface area contributed by atoms with Crippen LogP contribution in [-0.2, 0) is 9.53 Å². The van der Waals surface area contributed by atoms with Gasteiger partial charge < -0.3 is 20.1 Å². The van der Waals surface area contributed by atoms with Crippen LogP contribution in [-0.4, -0.2) is 44.2 Å². The van der Waals surface area contributed by atoms with Gasteiger partial charge in [-0.1, -0.05) is 13.8 Å². The third kappa shape index (κ3) is 6.20. The molecular weight excluding hydrogens is 308 g/mol. The van der Waals surface area contributed by atoms with Gasteiger partial charge in [0.05, 0.1) is 13.2 Å². The summed E-state index contributed by atoms with van der Waals surface area (Å²) in [7, 11) is 1.58. The van der Waals surface area contributed by atoms with E-state index >= 15 is 0 Å². The van der Waals surface area contributed by atoms with Gasteiger partial charge in [0.2, 0.25) is 5.91 Å². The Morgan fingerprint density at radius 3 is 2.21 bits per heavy atom. The standard InChI is InChI=1S/C18H28N2O4/c1-6-24-15-9-7-14(8-10-15)17(21)20-16(12(2)3)18(22)19-13(4)11-23-5/h7-10,12-13,16H,6,11H2,1-5H3,(H,19,22)(H,20,21). The molecule has 134 valence electrons. The molecule has 0 fully saturated rings. The summed E-state index contributed by atoms with van der Waals surface area (Å²) in [6.45, 7) is 8.53. The first-order chi connectivity index (χ1) is 11.4. The van der Waals surface area contributed by atoms with Gasteiger partial charge >= 0.3 is 0 Å². The topological polar surface area (TPSA) is 76.7 Å². The van der Waals surface area contributed by atoms with Crippen molar-refractivity contribution in [3.63, 3.8) is 0 Å². The lowest BCUT2D eigenvalue weighted by atomic mass is 10.0. The second kappa shape index (κ2) is 9.93. The zero-order valence-electron chi connectivity index (χ0n) is 15.1. The maximum absolute atomic E-state index is 12.4. The number of hydrogen-bond donors (Lipinski definition) is 2. The fourth-order valence-corrected chi connectivity index (χ4v) is 2.25. The van der Waals surface area contributed by atoms with Crippen LogP contribution in [0.5, 0.6) is 5.75 Å². The van der Waals surface area contributed by atoms with Gasteiger partial charge in [0.1, 0.15) is 11.8 Å². The minimum absolute atomic E-state index is 0.0357. The van der Waals surface area contributed by atoms with E-state index in [4.69, 9.17) is 9.47 Å². The molecule has 0 radical (unpaired) electrons. The van der Waals surface area contributed by atoms with E-state index in [0.29, 0.717) is 24.5 Å². The smallest absolute Gasteiger partial charge is 0.251 e. The first-order valence-corrected chi connectivity index (χ1v) is 8.22. The average Bonchev–Trinajstić information content (AvgIpc) is 2.53. The molecule has 0 spiro atoms.